The van der Waals surface area contributed by atoms with Crippen LogP contribution < -0.4 is 15.5 Å². The first-order chi connectivity index (χ1) is 18.1. The van der Waals surface area contributed by atoms with Crippen LogP contribution in [-0.2, 0) is 9.53 Å². The molecule has 2 aromatic carbocycles. The van der Waals surface area contributed by atoms with Gasteiger partial charge in [0.25, 0.3) is 0 Å². The van der Waals surface area contributed by atoms with Gasteiger partial charge in [0, 0.05) is 18.3 Å². The van der Waals surface area contributed by atoms with Crippen molar-refractivity contribution in [3.05, 3.63) is 53.6 Å². The number of carbonyl (C=O) groups excluding carboxylic acids is 2. The molecule has 2 aromatic rings. The van der Waals surface area contributed by atoms with E-state index in [-0.39, 0.29) is 30.4 Å². The number of benzene rings is 2. The number of carbonyl (C=O) groups is 2. The van der Waals surface area contributed by atoms with E-state index in [0.29, 0.717) is 30.1 Å². The molecular formula is C29H36F3N3O3. The molecule has 4 rings (SSSR count). The monoisotopic (exact) mass is 531 g/mol. The Morgan fingerprint density at radius 2 is 1.74 bits per heavy atom. The number of hydrogen-bond acceptors (Lipinski definition) is 4. The van der Waals surface area contributed by atoms with Gasteiger partial charge in [-0.15, -0.1) is 0 Å². The number of hydrogen-bond donors (Lipinski definition) is 2. The van der Waals surface area contributed by atoms with Crippen molar-refractivity contribution in [3.8, 4) is 0 Å². The first-order valence-corrected chi connectivity index (χ1v) is 13.4. The molecule has 6 nitrogen and oxygen atoms in total. The van der Waals surface area contributed by atoms with Gasteiger partial charge in [0.1, 0.15) is 0 Å². The zero-order valence-corrected chi connectivity index (χ0v) is 21.9. The number of alkyl halides is 3. The van der Waals surface area contributed by atoms with Gasteiger partial charge in [-0.3, -0.25) is 4.79 Å². The topological polar surface area (TPSA) is 70.7 Å². The fourth-order valence-electron chi connectivity index (χ4n) is 5.27. The van der Waals surface area contributed by atoms with Crippen LogP contribution in [0.5, 0.6) is 0 Å². The first-order valence-electron chi connectivity index (χ1n) is 13.4. The molecule has 0 aromatic heterocycles. The van der Waals surface area contributed by atoms with Gasteiger partial charge in [0.2, 0.25) is 0 Å². The van der Waals surface area contributed by atoms with E-state index in [4.69, 9.17) is 4.74 Å². The highest BCUT2D eigenvalue weighted by molar-refractivity contribution is 6.02. The van der Waals surface area contributed by atoms with E-state index in [2.05, 4.69) is 10.6 Å². The summed E-state index contributed by atoms with van der Waals surface area (Å²) in [7, 11) is 0. The summed E-state index contributed by atoms with van der Waals surface area (Å²) in [4.78, 5) is 27.0. The maximum absolute atomic E-state index is 13.3. The molecule has 2 amide bonds. The molecule has 0 radical (unpaired) electrons. The van der Waals surface area contributed by atoms with Gasteiger partial charge in [0.05, 0.1) is 30.3 Å². The number of nitrogens with zero attached hydrogens (tertiary/aromatic N) is 1. The van der Waals surface area contributed by atoms with Crippen molar-refractivity contribution in [2.24, 2.45) is 5.92 Å². The maximum Gasteiger partial charge on any atom is 0.390 e. The number of halogens is 3. The van der Waals surface area contributed by atoms with Crippen molar-refractivity contribution in [1.29, 1.82) is 0 Å². The third kappa shape index (κ3) is 7.42. The number of esters is 1. The highest BCUT2D eigenvalue weighted by Gasteiger charge is 2.45. The van der Waals surface area contributed by atoms with Crippen molar-refractivity contribution in [2.75, 3.05) is 28.7 Å². The fraction of sp³-hybridized carbons (Fsp3) is 0.517. The normalized spacial score (nSPS) is 19.5. The molecule has 0 saturated heterocycles. The summed E-state index contributed by atoms with van der Waals surface area (Å²) in [5.41, 5.74) is 3.53. The first kappa shape index (κ1) is 27.8. The van der Waals surface area contributed by atoms with Crippen LogP contribution in [0.3, 0.4) is 0 Å². The minimum absolute atomic E-state index is 0.0362. The number of anilines is 3. The predicted molar refractivity (Wildman–Crippen MR) is 143 cm³/mol. The SMILES string of the molecule is CCOC(=O)[C@H]1C[C@H]1c1ccc(N(CCC(F)(F)F)C2CCCCC2)c(NC(=O)Nc2ccc(C)cc2)c1. The number of rotatable bonds is 9. The highest BCUT2D eigenvalue weighted by atomic mass is 19.4. The molecule has 0 unspecified atom stereocenters. The number of nitrogens with one attached hydrogen (secondary N) is 2. The second-order valence-corrected chi connectivity index (χ2v) is 10.3. The van der Waals surface area contributed by atoms with Crippen molar-refractivity contribution in [1.82, 2.24) is 0 Å². The van der Waals surface area contributed by atoms with E-state index in [1.54, 1.807) is 31.2 Å². The Hall–Kier alpha value is -3.23. The molecule has 206 valence electrons. The predicted octanol–water partition coefficient (Wildman–Crippen LogP) is 7.40. The molecule has 2 aliphatic rings. The summed E-state index contributed by atoms with van der Waals surface area (Å²) in [6.07, 6.45) is 0.0376. The minimum atomic E-state index is -4.29. The molecule has 38 heavy (non-hydrogen) atoms. The quantitative estimate of drug-likeness (QED) is 0.331. The standard InChI is InChI=1S/C29H36F3N3O3/c1-3-38-27(36)24-18-23(24)20-11-14-26(35(16-15-29(30,31)32)22-7-5-4-6-8-22)25(17-20)34-28(37)33-21-12-9-19(2)10-13-21/h9-14,17,22-24H,3-8,15-16,18H2,1-2H3,(H2,33,34,37)/t23-,24-/m0/s1. The molecule has 0 bridgehead atoms. The van der Waals surface area contributed by atoms with Crippen LogP contribution in [0, 0.1) is 12.8 Å². The lowest BCUT2D eigenvalue weighted by atomic mass is 9.93. The van der Waals surface area contributed by atoms with E-state index < -0.39 is 18.6 Å². The number of urea groups is 1. The molecule has 0 spiro atoms. The summed E-state index contributed by atoms with van der Waals surface area (Å²) in [5, 5.41) is 5.70. The maximum atomic E-state index is 13.3. The minimum Gasteiger partial charge on any atom is -0.466 e. The van der Waals surface area contributed by atoms with E-state index in [1.165, 1.54) is 0 Å². The number of amides is 2. The Labute approximate surface area is 221 Å². The second-order valence-electron chi connectivity index (χ2n) is 10.3. The summed E-state index contributed by atoms with van der Waals surface area (Å²) >= 11 is 0. The van der Waals surface area contributed by atoms with Crippen LogP contribution in [0.25, 0.3) is 0 Å². The zero-order valence-electron chi connectivity index (χ0n) is 21.9. The Morgan fingerprint density at radius 1 is 1.03 bits per heavy atom. The van der Waals surface area contributed by atoms with Crippen molar-refractivity contribution in [3.63, 3.8) is 0 Å². The van der Waals surface area contributed by atoms with Crippen molar-refractivity contribution >= 4 is 29.1 Å². The van der Waals surface area contributed by atoms with E-state index in [0.717, 1.165) is 43.2 Å². The van der Waals surface area contributed by atoms with Gasteiger partial charge in [-0.1, -0.05) is 43.0 Å². The fourth-order valence-corrected chi connectivity index (χ4v) is 5.27. The molecule has 9 heteroatoms. The van der Waals surface area contributed by atoms with E-state index >= 15 is 0 Å². The zero-order chi connectivity index (χ0) is 27.3. The van der Waals surface area contributed by atoms with Gasteiger partial charge in [-0.25, -0.2) is 4.79 Å². The lowest BCUT2D eigenvalue weighted by molar-refractivity contribution is -0.144. The smallest absolute Gasteiger partial charge is 0.390 e. The summed E-state index contributed by atoms with van der Waals surface area (Å²) < 4.78 is 45.0. The van der Waals surface area contributed by atoms with E-state index in [1.807, 2.05) is 30.0 Å². The van der Waals surface area contributed by atoms with Crippen LogP contribution in [-0.4, -0.2) is 37.4 Å². The molecule has 2 N–H and O–H groups in total. The molecule has 0 heterocycles. The second kappa shape index (κ2) is 12.1. The molecule has 2 saturated carbocycles. The number of aryl methyl sites for hydroxylation is 1. The van der Waals surface area contributed by atoms with Crippen molar-refractivity contribution in [2.45, 2.75) is 76.9 Å². The lowest BCUT2D eigenvalue weighted by Crippen LogP contribution is -2.39. The van der Waals surface area contributed by atoms with Crippen LogP contribution in [0.2, 0.25) is 0 Å². The largest absolute Gasteiger partial charge is 0.466 e. The highest BCUT2D eigenvalue weighted by Crippen LogP contribution is 2.49. The third-order valence-corrected chi connectivity index (χ3v) is 7.35. The van der Waals surface area contributed by atoms with E-state index in [9.17, 15) is 22.8 Å². The average molecular weight is 532 g/mol. The van der Waals surface area contributed by atoms with Gasteiger partial charge in [-0.2, -0.15) is 13.2 Å². The molecule has 2 aliphatic carbocycles. The Morgan fingerprint density at radius 3 is 2.39 bits per heavy atom. The Bertz CT molecular complexity index is 1110. The molecule has 2 fully saturated rings. The van der Waals surface area contributed by atoms with Gasteiger partial charge in [0.15, 0.2) is 0 Å². The Kier molecular flexibility index (Phi) is 8.84. The van der Waals surface area contributed by atoms with Gasteiger partial charge in [-0.05, 0) is 68.9 Å². The molecule has 2 atom stereocenters. The van der Waals surface area contributed by atoms with Crippen LogP contribution in [0.1, 0.15) is 68.9 Å². The van der Waals surface area contributed by atoms with Crippen LogP contribution in [0.4, 0.5) is 35.0 Å². The summed E-state index contributed by atoms with van der Waals surface area (Å²) in [5.74, 6) is -0.529. The third-order valence-electron chi connectivity index (χ3n) is 7.35. The van der Waals surface area contributed by atoms with Crippen molar-refractivity contribution < 1.29 is 27.5 Å². The van der Waals surface area contributed by atoms with Gasteiger partial charge < -0.3 is 20.3 Å². The average Bonchev–Trinajstić information content (AvgIpc) is 3.68. The number of ether oxygens (including phenoxy) is 1. The van der Waals surface area contributed by atoms with Crippen LogP contribution >= 0.6 is 0 Å². The summed E-state index contributed by atoms with van der Waals surface area (Å²) in [6, 6.07) is 12.3. The lowest BCUT2D eigenvalue weighted by Gasteiger charge is -2.37. The molecular weight excluding hydrogens is 495 g/mol. The van der Waals surface area contributed by atoms with Crippen LogP contribution in [0.15, 0.2) is 42.5 Å². The van der Waals surface area contributed by atoms with Gasteiger partial charge >= 0.3 is 18.2 Å². The Balaban J connectivity index is 1.63. The molecule has 0 aliphatic heterocycles. The summed E-state index contributed by atoms with van der Waals surface area (Å²) in [6.45, 7) is 3.84.